The molecule has 2 saturated heterocycles. The number of furan rings is 1. The molecule has 0 unspecified atom stereocenters. The fourth-order valence-corrected chi connectivity index (χ4v) is 4.70. The summed E-state index contributed by atoms with van der Waals surface area (Å²) in [5, 5.41) is 1.23. The quantitative estimate of drug-likeness (QED) is 0.650. The number of para-hydroxylation sites is 2. The number of hydrogen-bond donors (Lipinski definition) is 0. The number of carbonyl (C=O) groups excluding carboxylic acids is 1. The molecule has 0 aliphatic carbocycles. The van der Waals surface area contributed by atoms with Crippen LogP contribution in [0.25, 0.3) is 11.0 Å². The zero-order valence-electron chi connectivity index (χ0n) is 16.7. The Morgan fingerprint density at radius 3 is 2.48 bits per heavy atom. The lowest BCUT2D eigenvalue weighted by Gasteiger charge is -2.36. The Bertz CT molecular complexity index is 976. The molecule has 2 amide bonds. The van der Waals surface area contributed by atoms with E-state index >= 15 is 0 Å². The van der Waals surface area contributed by atoms with E-state index < -0.39 is 0 Å². The van der Waals surface area contributed by atoms with Crippen molar-refractivity contribution in [3.63, 3.8) is 0 Å². The number of fused-ring (bicyclic) bond motifs is 1. The summed E-state index contributed by atoms with van der Waals surface area (Å²) >= 11 is 0. The van der Waals surface area contributed by atoms with Crippen molar-refractivity contribution in [2.75, 3.05) is 37.6 Å². The molecule has 0 spiro atoms. The standard InChI is InChI=1S/C24H27N3O2/c28-24-26(20-6-2-1-3-7-20)16-17-27(24)21-11-14-25(15-12-21)13-10-19-18-29-23-9-5-4-8-22(19)23/h1-9,18,21H,10-17H2. The summed E-state index contributed by atoms with van der Waals surface area (Å²) in [5.74, 6) is 0. The normalized spacial score (nSPS) is 18.8. The van der Waals surface area contributed by atoms with Gasteiger partial charge in [0.25, 0.3) is 0 Å². The molecule has 2 aromatic carbocycles. The molecular formula is C24H27N3O2. The Labute approximate surface area is 171 Å². The van der Waals surface area contributed by atoms with E-state index in [0.717, 1.165) is 63.3 Å². The maximum absolute atomic E-state index is 12.9. The van der Waals surface area contributed by atoms with Crippen molar-refractivity contribution < 1.29 is 9.21 Å². The number of likely N-dealkylation sites (tertiary alicyclic amines) is 1. The first-order valence-electron chi connectivity index (χ1n) is 10.6. The van der Waals surface area contributed by atoms with Gasteiger partial charge < -0.3 is 14.2 Å². The molecule has 0 radical (unpaired) electrons. The van der Waals surface area contributed by atoms with Gasteiger partial charge in [-0.05, 0) is 43.0 Å². The predicted molar refractivity (Wildman–Crippen MR) is 115 cm³/mol. The van der Waals surface area contributed by atoms with E-state index in [1.807, 2.05) is 53.6 Å². The third-order valence-corrected chi connectivity index (χ3v) is 6.37. The summed E-state index contributed by atoms with van der Waals surface area (Å²) in [7, 11) is 0. The molecule has 0 N–H and O–H groups in total. The number of carbonyl (C=O) groups is 1. The fraction of sp³-hybridized carbons (Fsp3) is 0.375. The van der Waals surface area contributed by atoms with Crippen LogP contribution in [0.1, 0.15) is 18.4 Å². The van der Waals surface area contributed by atoms with Crippen molar-refractivity contribution in [3.05, 3.63) is 66.4 Å². The molecule has 5 nitrogen and oxygen atoms in total. The SMILES string of the molecule is O=C1N(c2ccccc2)CCN1C1CCN(CCc2coc3ccccc23)CC1. The maximum Gasteiger partial charge on any atom is 0.324 e. The monoisotopic (exact) mass is 389 g/mol. The minimum absolute atomic E-state index is 0.166. The van der Waals surface area contributed by atoms with Gasteiger partial charge in [-0.15, -0.1) is 0 Å². The van der Waals surface area contributed by atoms with Gasteiger partial charge in [-0.3, -0.25) is 4.90 Å². The Balaban J connectivity index is 1.14. The van der Waals surface area contributed by atoms with E-state index in [4.69, 9.17) is 4.42 Å². The van der Waals surface area contributed by atoms with Gasteiger partial charge in [-0.2, -0.15) is 0 Å². The van der Waals surface area contributed by atoms with Gasteiger partial charge in [0.15, 0.2) is 0 Å². The van der Waals surface area contributed by atoms with Crippen LogP contribution in [0, 0.1) is 0 Å². The first kappa shape index (κ1) is 18.3. The van der Waals surface area contributed by atoms with Crippen molar-refractivity contribution in [3.8, 4) is 0 Å². The van der Waals surface area contributed by atoms with E-state index in [2.05, 4.69) is 21.9 Å². The second kappa shape index (κ2) is 7.91. The van der Waals surface area contributed by atoms with Crippen molar-refractivity contribution in [1.82, 2.24) is 9.80 Å². The summed E-state index contributed by atoms with van der Waals surface area (Å²) in [6.07, 6.45) is 5.02. The lowest BCUT2D eigenvalue weighted by Crippen LogP contribution is -2.47. The van der Waals surface area contributed by atoms with Crippen LogP contribution < -0.4 is 4.90 Å². The lowest BCUT2D eigenvalue weighted by molar-refractivity contribution is 0.137. The second-order valence-corrected chi connectivity index (χ2v) is 8.04. The number of hydrogen-bond acceptors (Lipinski definition) is 3. The third kappa shape index (κ3) is 3.62. The van der Waals surface area contributed by atoms with Gasteiger partial charge in [-0.25, -0.2) is 4.79 Å². The van der Waals surface area contributed by atoms with Crippen LogP contribution in [-0.4, -0.2) is 54.6 Å². The molecule has 150 valence electrons. The van der Waals surface area contributed by atoms with Gasteiger partial charge in [-0.1, -0.05) is 36.4 Å². The number of amides is 2. The van der Waals surface area contributed by atoms with E-state index in [9.17, 15) is 4.79 Å². The summed E-state index contributed by atoms with van der Waals surface area (Å²) in [6.45, 7) is 4.77. The molecule has 0 atom stereocenters. The fourth-order valence-electron chi connectivity index (χ4n) is 4.70. The van der Waals surface area contributed by atoms with Gasteiger partial charge in [0.1, 0.15) is 5.58 Å². The molecule has 5 heteroatoms. The van der Waals surface area contributed by atoms with Crippen LogP contribution in [0.4, 0.5) is 10.5 Å². The Hall–Kier alpha value is -2.79. The van der Waals surface area contributed by atoms with Crippen LogP contribution >= 0.6 is 0 Å². The van der Waals surface area contributed by atoms with E-state index in [-0.39, 0.29) is 6.03 Å². The predicted octanol–water partition coefficient (Wildman–Crippen LogP) is 4.38. The Kier molecular flexibility index (Phi) is 4.98. The van der Waals surface area contributed by atoms with Crippen molar-refractivity contribution >= 4 is 22.7 Å². The Morgan fingerprint density at radius 2 is 1.66 bits per heavy atom. The minimum Gasteiger partial charge on any atom is -0.464 e. The lowest BCUT2D eigenvalue weighted by atomic mass is 10.0. The number of benzene rings is 2. The number of urea groups is 1. The molecular weight excluding hydrogens is 362 g/mol. The average molecular weight is 389 g/mol. The largest absolute Gasteiger partial charge is 0.464 e. The molecule has 2 aliphatic heterocycles. The number of rotatable bonds is 5. The van der Waals surface area contributed by atoms with Crippen LogP contribution in [0.2, 0.25) is 0 Å². The molecule has 0 saturated carbocycles. The highest BCUT2D eigenvalue weighted by atomic mass is 16.3. The van der Waals surface area contributed by atoms with Crippen molar-refractivity contribution in [1.29, 1.82) is 0 Å². The zero-order chi connectivity index (χ0) is 19.6. The van der Waals surface area contributed by atoms with E-state index in [1.165, 1.54) is 10.9 Å². The van der Waals surface area contributed by atoms with Crippen LogP contribution in [0.15, 0.2) is 65.3 Å². The smallest absolute Gasteiger partial charge is 0.324 e. The van der Waals surface area contributed by atoms with Gasteiger partial charge in [0, 0.05) is 49.8 Å². The van der Waals surface area contributed by atoms with Gasteiger partial charge >= 0.3 is 6.03 Å². The summed E-state index contributed by atoms with van der Waals surface area (Å²) in [5.41, 5.74) is 3.26. The topological polar surface area (TPSA) is 39.9 Å². The molecule has 2 fully saturated rings. The number of anilines is 1. The molecule has 1 aromatic heterocycles. The minimum atomic E-state index is 0.166. The van der Waals surface area contributed by atoms with Gasteiger partial charge in [0.05, 0.1) is 6.26 Å². The highest BCUT2D eigenvalue weighted by Crippen LogP contribution is 2.26. The molecule has 2 aliphatic rings. The summed E-state index contributed by atoms with van der Waals surface area (Å²) < 4.78 is 5.66. The maximum atomic E-state index is 12.9. The molecule has 3 aromatic rings. The second-order valence-electron chi connectivity index (χ2n) is 8.04. The number of piperidine rings is 1. The molecule has 0 bridgehead atoms. The number of nitrogens with zero attached hydrogens (tertiary/aromatic N) is 3. The highest BCUT2D eigenvalue weighted by Gasteiger charge is 2.35. The third-order valence-electron chi connectivity index (χ3n) is 6.37. The molecule has 3 heterocycles. The zero-order valence-corrected chi connectivity index (χ0v) is 16.7. The van der Waals surface area contributed by atoms with Crippen molar-refractivity contribution in [2.45, 2.75) is 25.3 Å². The van der Waals surface area contributed by atoms with Crippen LogP contribution in [0.3, 0.4) is 0 Å². The molecule has 5 rings (SSSR count). The van der Waals surface area contributed by atoms with Crippen LogP contribution in [-0.2, 0) is 6.42 Å². The first-order chi connectivity index (χ1) is 14.3. The van der Waals surface area contributed by atoms with E-state index in [1.54, 1.807) is 0 Å². The Morgan fingerprint density at radius 1 is 0.897 bits per heavy atom. The van der Waals surface area contributed by atoms with Crippen LogP contribution in [0.5, 0.6) is 0 Å². The van der Waals surface area contributed by atoms with Crippen molar-refractivity contribution in [2.24, 2.45) is 0 Å². The van der Waals surface area contributed by atoms with Gasteiger partial charge in [0.2, 0.25) is 0 Å². The van der Waals surface area contributed by atoms with E-state index in [0.29, 0.717) is 6.04 Å². The highest BCUT2D eigenvalue weighted by molar-refractivity contribution is 5.94. The first-order valence-corrected chi connectivity index (χ1v) is 10.6. The summed E-state index contributed by atoms with van der Waals surface area (Å²) in [4.78, 5) is 19.4. The molecule has 29 heavy (non-hydrogen) atoms. The average Bonchev–Trinajstić information content (AvgIpc) is 3.37. The summed E-state index contributed by atoms with van der Waals surface area (Å²) in [6, 6.07) is 18.8.